The standard InChI is InChI=1S/C19H18N2O4S2/c1-14-7-9-17(10-8-14)27(22,23)12-4-11-26-19-21-20-18(25-19)15-5-3-6-16(13-15)24-2/h3-10,12-13H,11H2,1-2H3. The van der Waals surface area contributed by atoms with Crippen molar-refractivity contribution in [2.24, 2.45) is 0 Å². The van der Waals surface area contributed by atoms with E-state index in [2.05, 4.69) is 10.2 Å². The van der Waals surface area contributed by atoms with Crippen molar-refractivity contribution in [2.45, 2.75) is 17.0 Å². The quantitative estimate of drug-likeness (QED) is 0.549. The Morgan fingerprint density at radius 2 is 1.93 bits per heavy atom. The molecule has 0 radical (unpaired) electrons. The predicted octanol–water partition coefficient (Wildman–Crippen LogP) is 4.13. The highest BCUT2D eigenvalue weighted by Gasteiger charge is 2.11. The first-order chi connectivity index (χ1) is 13.0. The largest absolute Gasteiger partial charge is 0.497 e. The molecule has 1 heterocycles. The van der Waals surface area contributed by atoms with E-state index in [9.17, 15) is 8.42 Å². The van der Waals surface area contributed by atoms with Crippen LogP contribution in [0.3, 0.4) is 0 Å². The van der Waals surface area contributed by atoms with Gasteiger partial charge in [0.05, 0.1) is 12.0 Å². The molecule has 6 nitrogen and oxygen atoms in total. The highest BCUT2D eigenvalue weighted by Crippen LogP contribution is 2.26. The van der Waals surface area contributed by atoms with Gasteiger partial charge >= 0.3 is 0 Å². The minimum Gasteiger partial charge on any atom is -0.497 e. The van der Waals surface area contributed by atoms with Gasteiger partial charge in [-0.25, -0.2) is 8.42 Å². The van der Waals surface area contributed by atoms with E-state index in [1.807, 2.05) is 25.1 Å². The van der Waals surface area contributed by atoms with Crippen molar-refractivity contribution < 1.29 is 17.6 Å². The normalized spacial score (nSPS) is 11.8. The van der Waals surface area contributed by atoms with Gasteiger partial charge in [-0.15, -0.1) is 10.2 Å². The van der Waals surface area contributed by atoms with E-state index >= 15 is 0 Å². The third-order valence-electron chi connectivity index (χ3n) is 3.65. The van der Waals surface area contributed by atoms with E-state index in [0.29, 0.717) is 22.6 Å². The van der Waals surface area contributed by atoms with Gasteiger partial charge in [0.1, 0.15) is 5.75 Å². The number of hydrogen-bond donors (Lipinski definition) is 0. The van der Waals surface area contributed by atoms with Gasteiger partial charge in [-0.2, -0.15) is 0 Å². The zero-order valence-corrected chi connectivity index (χ0v) is 16.5. The van der Waals surface area contributed by atoms with Gasteiger partial charge in [0.2, 0.25) is 5.89 Å². The highest BCUT2D eigenvalue weighted by molar-refractivity contribution is 7.99. The van der Waals surface area contributed by atoms with Crippen molar-refractivity contribution in [3.63, 3.8) is 0 Å². The number of methoxy groups -OCH3 is 1. The highest BCUT2D eigenvalue weighted by atomic mass is 32.2. The number of aryl methyl sites for hydroxylation is 1. The fourth-order valence-corrected chi connectivity index (χ4v) is 3.95. The maximum absolute atomic E-state index is 12.2. The summed E-state index contributed by atoms with van der Waals surface area (Å²) in [6.07, 6.45) is 1.56. The summed E-state index contributed by atoms with van der Waals surface area (Å²) in [7, 11) is -1.86. The molecule has 0 saturated carbocycles. The Bertz CT molecular complexity index is 1040. The summed E-state index contributed by atoms with van der Waals surface area (Å²) in [5.74, 6) is 1.47. The Hall–Kier alpha value is -2.58. The second-order valence-electron chi connectivity index (χ2n) is 5.65. The summed E-state index contributed by atoms with van der Waals surface area (Å²) in [6, 6.07) is 14.1. The Labute approximate surface area is 162 Å². The van der Waals surface area contributed by atoms with Crippen LogP contribution in [0.5, 0.6) is 5.75 Å². The zero-order valence-electron chi connectivity index (χ0n) is 14.8. The number of thioether (sulfide) groups is 1. The van der Waals surface area contributed by atoms with Crippen LogP contribution in [0.4, 0.5) is 0 Å². The monoisotopic (exact) mass is 402 g/mol. The fraction of sp³-hybridized carbons (Fsp3) is 0.158. The van der Waals surface area contributed by atoms with E-state index < -0.39 is 9.84 Å². The molecule has 0 unspecified atom stereocenters. The molecule has 3 aromatic rings. The molecule has 1 aromatic heterocycles. The van der Waals surface area contributed by atoms with Crippen LogP contribution < -0.4 is 4.74 Å². The van der Waals surface area contributed by atoms with Gasteiger partial charge < -0.3 is 9.15 Å². The summed E-state index contributed by atoms with van der Waals surface area (Å²) >= 11 is 1.26. The molecule has 0 fully saturated rings. The number of sulfone groups is 1. The number of nitrogens with zero attached hydrogens (tertiary/aromatic N) is 2. The molecular weight excluding hydrogens is 384 g/mol. The van der Waals surface area contributed by atoms with E-state index in [0.717, 1.165) is 11.1 Å². The van der Waals surface area contributed by atoms with Crippen molar-refractivity contribution >= 4 is 21.6 Å². The van der Waals surface area contributed by atoms with Crippen molar-refractivity contribution in [3.8, 4) is 17.2 Å². The van der Waals surface area contributed by atoms with Crippen LogP contribution in [-0.4, -0.2) is 31.5 Å². The number of ether oxygens (including phenoxy) is 1. The Morgan fingerprint density at radius 3 is 2.67 bits per heavy atom. The summed E-state index contributed by atoms with van der Waals surface area (Å²) in [4.78, 5) is 0.271. The summed E-state index contributed by atoms with van der Waals surface area (Å²) < 4.78 is 35.3. The summed E-state index contributed by atoms with van der Waals surface area (Å²) in [6.45, 7) is 1.91. The minimum atomic E-state index is -3.45. The smallest absolute Gasteiger partial charge is 0.277 e. The molecular formula is C19H18N2O4S2. The van der Waals surface area contributed by atoms with Crippen LogP contribution in [0.25, 0.3) is 11.5 Å². The molecule has 0 aliphatic rings. The maximum atomic E-state index is 12.2. The molecule has 8 heteroatoms. The average Bonchev–Trinajstić information content (AvgIpc) is 3.15. The molecule has 0 aliphatic carbocycles. The van der Waals surface area contributed by atoms with Gasteiger partial charge in [-0.3, -0.25) is 0 Å². The van der Waals surface area contributed by atoms with Gasteiger partial charge in [-0.1, -0.05) is 41.6 Å². The molecule has 0 spiro atoms. The van der Waals surface area contributed by atoms with Gasteiger partial charge in [0, 0.05) is 16.7 Å². The van der Waals surface area contributed by atoms with Crippen molar-refractivity contribution in [1.29, 1.82) is 0 Å². The molecule has 3 rings (SSSR count). The summed E-state index contributed by atoms with van der Waals surface area (Å²) in [5, 5.41) is 9.55. The number of benzene rings is 2. The lowest BCUT2D eigenvalue weighted by atomic mass is 10.2. The molecule has 27 heavy (non-hydrogen) atoms. The Kier molecular flexibility index (Phi) is 5.98. The van der Waals surface area contributed by atoms with Crippen LogP contribution in [0.15, 0.2) is 74.6 Å². The molecule has 2 aromatic carbocycles. The minimum absolute atomic E-state index is 0.271. The van der Waals surface area contributed by atoms with E-state index in [4.69, 9.17) is 9.15 Å². The third kappa shape index (κ3) is 4.99. The first kappa shape index (κ1) is 19.2. The van der Waals surface area contributed by atoms with E-state index in [1.165, 1.54) is 17.2 Å². The van der Waals surface area contributed by atoms with Gasteiger partial charge in [0.15, 0.2) is 9.84 Å². The summed E-state index contributed by atoms with van der Waals surface area (Å²) in [5.41, 5.74) is 1.77. The molecule has 0 bridgehead atoms. The Morgan fingerprint density at radius 1 is 1.15 bits per heavy atom. The molecule has 0 saturated heterocycles. The van der Waals surface area contributed by atoms with Gasteiger partial charge in [-0.05, 0) is 37.3 Å². The molecule has 0 N–H and O–H groups in total. The van der Waals surface area contributed by atoms with Crippen LogP contribution >= 0.6 is 11.8 Å². The van der Waals surface area contributed by atoms with Crippen LogP contribution in [-0.2, 0) is 9.84 Å². The molecule has 0 amide bonds. The lowest BCUT2D eigenvalue weighted by Gasteiger charge is -2.00. The molecule has 0 aliphatic heterocycles. The van der Waals surface area contributed by atoms with Crippen LogP contribution in [0, 0.1) is 6.92 Å². The number of rotatable bonds is 7. The van der Waals surface area contributed by atoms with Crippen LogP contribution in [0.1, 0.15) is 5.56 Å². The first-order valence-corrected chi connectivity index (χ1v) is 10.6. The van der Waals surface area contributed by atoms with Gasteiger partial charge in [0.25, 0.3) is 5.22 Å². The zero-order chi connectivity index (χ0) is 19.3. The lowest BCUT2D eigenvalue weighted by Crippen LogP contribution is -1.96. The Balaban J connectivity index is 1.61. The number of aromatic nitrogens is 2. The first-order valence-electron chi connectivity index (χ1n) is 8.07. The third-order valence-corrected chi connectivity index (χ3v) is 5.90. The fourth-order valence-electron chi connectivity index (χ4n) is 2.23. The van der Waals surface area contributed by atoms with Crippen molar-refractivity contribution in [3.05, 3.63) is 65.6 Å². The van der Waals surface area contributed by atoms with Crippen molar-refractivity contribution in [1.82, 2.24) is 10.2 Å². The SMILES string of the molecule is COc1cccc(-c2nnc(SCC=CS(=O)(=O)c3ccc(C)cc3)o2)c1. The second kappa shape index (κ2) is 8.41. The topological polar surface area (TPSA) is 82.3 Å². The average molecular weight is 402 g/mol. The van der Waals surface area contributed by atoms with Crippen molar-refractivity contribution in [2.75, 3.05) is 12.9 Å². The second-order valence-corrected chi connectivity index (χ2v) is 8.45. The molecule has 140 valence electrons. The molecule has 0 atom stereocenters. The lowest BCUT2D eigenvalue weighted by molar-refractivity contribution is 0.414. The number of hydrogen-bond acceptors (Lipinski definition) is 7. The van der Waals surface area contributed by atoms with E-state index in [-0.39, 0.29) is 4.90 Å². The predicted molar refractivity (Wildman–Crippen MR) is 105 cm³/mol. The van der Waals surface area contributed by atoms with Crippen LogP contribution in [0.2, 0.25) is 0 Å². The maximum Gasteiger partial charge on any atom is 0.277 e. The van der Waals surface area contributed by atoms with E-state index in [1.54, 1.807) is 43.5 Å².